The van der Waals surface area contributed by atoms with Crippen LogP contribution in [0.5, 0.6) is 0 Å². The van der Waals surface area contributed by atoms with E-state index in [2.05, 4.69) is 10.2 Å². The van der Waals surface area contributed by atoms with Crippen molar-refractivity contribution in [2.75, 3.05) is 45.1 Å². The fourth-order valence-corrected chi connectivity index (χ4v) is 6.25. The zero-order valence-corrected chi connectivity index (χ0v) is 17.7. The number of hydrogen-bond donors (Lipinski definition) is 2. The number of amidine groups is 1. The molecular weight excluding hydrogens is 423 g/mol. The van der Waals surface area contributed by atoms with Crippen LogP contribution in [0.3, 0.4) is 0 Å². The molecule has 3 heterocycles. The summed E-state index contributed by atoms with van der Waals surface area (Å²) in [6.45, 7) is 3.79. The first-order chi connectivity index (χ1) is 14.0. The van der Waals surface area contributed by atoms with Crippen molar-refractivity contribution < 1.29 is 22.0 Å². The lowest BCUT2D eigenvalue weighted by Gasteiger charge is -2.61. The van der Waals surface area contributed by atoms with Crippen LogP contribution in [-0.4, -0.2) is 67.5 Å². The third kappa shape index (κ3) is 4.59. The van der Waals surface area contributed by atoms with Crippen molar-refractivity contribution >= 4 is 22.2 Å². The van der Waals surface area contributed by atoms with Gasteiger partial charge in [0, 0.05) is 62.9 Å². The minimum Gasteiger partial charge on any atom is -0.379 e. The summed E-state index contributed by atoms with van der Waals surface area (Å²) < 4.78 is 65.3. The first-order valence-electron chi connectivity index (χ1n) is 10.3. The second-order valence-corrected chi connectivity index (χ2v) is 10.3. The summed E-state index contributed by atoms with van der Waals surface area (Å²) in [5, 5.41) is 12.0. The van der Waals surface area contributed by atoms with E-state index < -0.39 is 18.5 Å². The molecule has 0 aromatic carbocycles. The molecule has 2 aliphatic heterocycles. The highest BCUT2D eigenvalue weighted by atomic mass is 32.1. The van der Waals surface area contributed by atoms with Crippen LogP contribution in [0.1, 0.15) is 36.1 Å². The molecule has 1 atom stereocenters. The van der Waals surface area contributed by atoms with Gasteiger partial charge in [-0.25, -0.2) is 8.78 Å². The molecule has 3 aliphatic rings. The van der Waals surface area contributed by atoms with Gasteiger partial charge in [0.1, 0.15) is 5.84 Å². The van der Waals surface area contributed by atoms with Crippen LogP contribution in [0, 0.1) is 16.7 Å². The second-order valence-electron chi connectivity index (χ2n) is 9.19. The van der Waals surface area contributed by atoms with Gasteiger partial charge in [-0.3, -0.25) is 5.41 Å². The standard InChI is InChI=1S/C20H27F5N4S/c1-27-17-15(5-14(30-17)7-20(23,24)25)16(26)29-11-18(12-29)9-28(10-18)8-13-3-2-4-19(21,22)6-13/h5,13,26-27H,2-4,6-12H2,1H3. The van der Waals surface area contributed by atoms with Gasteiger partial charge in [-0.15, -0.1) is 11.3 Å². The maximum absolute atomic E-state index is 13.6. The molecule has 2 saturated heterocycles. The summed E-state index contributed by atoms with van der Waals surface area (Å²) in [5.74, 6) is -2.22. The number of halogens is 5. The lowest BCUT2D eigenvalue weighted by atomic mass is 9.71. The van der Waals surface area contributed by atoms with E-state index in [1.54, 1.807) is 7.05 Å². The molecule has 0 radical (unpaired) electrons. The van der Waals surface area contributed by atoms with Gasteiger partial charge < -0.3 is 15.1 Å². The van der Waals surface area contributed by atoms with Gasteiger partial charge in [-0.05, 0) is 24.8 Å². The number of nitrogens with zero attached hydrogens (tertiary/aromatic N) is 2. The van der Waals surface area contributed by atoms with Crippen molar-refractivity contribution in [2.45, 2.75) is 44.2 Å². The maximum atomic E-state index is 13.6. The molecule has 2 N–H and O–H groups in total. The smallest absolute Gasteiger partial charge is 0.379 e. The van der Waals surface area contributed by atoms with Crippen LogP contribution in [0.15, 0.2) is 6.07 Å². The number of alkyl halides is 5. The molecule has 4 nitrogen and oxygen atoms in total. The van der Waals surface area contributed by atoms with Gasteiger partial charge in [0.2, 0.25) is 5.92 Å². The van der Waals surface area contributed by atoms with Gasteiger partial charge in [-0.2, -0.15) is 13.2 Å². The van der Waals surface area contributed by atoms with E-state index in [1.165, 1.54) is 6.07 Å². The summed E-state index contributed by atoms with van der Waals surface area (Å²) in [7, 11) is 1.65. The predicted octanol–water partition coefficient (Wildman–Crippen LogP) is 4.66. The summed E-state index contributed by atoms with van der Waals surface area (Å²) in [4.78, 5) is 4.32. The van der Waals surface area contributed by atoms with E-state index in [0.29, 0.717) is 36.6 Å². The molecule has 4 rings (SSSR count). The Morgan fingerprint density at radius 3 is 2.57 bits per heavy atom. The van der Waals surface area contributed by atoms with Crippen LogP contribution in [0.4, 0.5) is 27.0 Å². The van der Waals surface area contributed by atoms with E-state index in [-0.39, 0.29) is 34.9 Å². The minimum absolute atomic E-state index is 0.00633. The van der Waals surface area contributed by atoms with Crippen LogP contribution in [-0.2, 0) is 6.42 Å². The molecule has 168 valence electrons. The molecule has 0 amide bonds. The Hall–Kier alpha value is -1.42. The van der Waals surface area contributed by atoms with Gasteiger partial charge in [-0.1, -0.05) is 0 Å². The molecule has 1 saturated carbocycles. The first-order valence-corrected chi connectivity index (χ1v) is 11.1. The number of hydrogen-bond acceptors (Lipinski definition) is 4. The predicted molar refractivity (Wildman–Crippen MR) is 108 cm³/mol. The fraction of sp³-hybridized carbons (Fsp3) is 0.750. The van der Waals surface area contributed by atoms with Crippen LogP contribution >= 0.6 is 11.3 Å². The third-order valence-electron chi connectivity index (χ3n) is 6.39. The number of nitrogens with one attached hydrogen (secondary N) is 2. The Balaban J connectivity index is 1.28. The first kappa shape index (κ1) is 21.8. The molecule has 1 aliphatic carbocycles. The van der Waals surface area contributed by atoms with Crippen molar-refractivity contribution in [3.8, 4) is 0 Å². The number of likely N-dealkylation sites (tertiary alicyclic amines) is 2. The van der Waals surface area contributed by atoms with E-state index >= 15 is 0 Å². The molecule has 1 spiro atoms. The van der Waals surface area contributed by atoms with Crippen molar-refractivity contribution in [1.29, 1.82) is 5.41 Å². The van der Waals surface area contributed by atoms with Crippen molar-refractivity contribution in [2.24, 2.45) is 11.3 Å². The molecule has 0 bridgehead atoms. The van der Waals surface area contributed by atoms with Gasteiger partial charge >= 0.3 is 6.18 Å². The largest absolute Gasteiger partial charge is 0.393 e. The fourth-order valence-electron chi connectivity index (χ4n) is 5.21. The summed E-state index contributed by atoms with van der Waals surface area (Å²) in [6, 6.07) is 1.47. The summed E-state index contributed by atoms with van der Waals surface area (Å²) in [6.07, 6.45) is -3.81. The van der Waals surface area contributed by atoms with Crippen LogP contribution in [0.2, 0.25) is 0 Å². The van der Waals surface area contributed by atoms with E-state index in [4.69, 9.17) is 5.41 Å². The molecular formula is C20H27F5N4S. The summed E-state index contributed by atoms with van der Waals surface area (Å²) >= 11 is 1.04. The van der Waals surface area contributed by atoms with Gasteiger partial charge in [0.25, 0.3) is 0 Å². The average Bonchev–Trinajstić information content (AvgIpc) is 2.95. The van der Waals surface area contributed by atoms with Crippen molar-refractivity contribution in [3.63, 3.8) is 0 Å². The zero-order valence-electron chi connectivity index (χ0n) is 16.9. The molecule has 1 aromatic heterocycles. The Bertz CT molecular complexity index is 792. The average molecular weight is 451 g/mol. The second kappa shape index (κ2) is 7.62. The van der Waals surface area contributed by atoms with Crippen molar-refractivity contribution in [3.05, 3.63) is 16.5 Å². The van der Waals surface area contributed by atoms with Gasteiger partial charge in [0.15, 0.2) is 0 Å². The highest BCUT2D eigenvalue weighted by Crippen LogP contribution is 2.44. The SMILES string of the molecule is CNc1sc(CC(F)(F)F)cc1C(=N)N1CC2(CN(CC3CCCC(F)(F)C3)C2)C1. The molecule has 10 heteroatoms. The normalized spacial score (nSPS) is 25.7. The molecule has 30 heavy (non-hydrogen) atoms. The topological polar surface area (TPSA) is 42.4 Å². The Kier molecular flexibility index (Phi) is 5.53. The van der Waals surface area contributed by atoms with Crippen LogP contribution < -0.4 is 5.32 Å². The van der Waals surface area contributed by atoms with Crippen molar-refractivity contribution in [1.82, 2.24) is 9.80 Å². The quantitative estimate of drug-likeness (QED) is 0.390. The molecule has 1 unspecified atom stereocenters. The lowest BCUT2D eigenvalue weighted by Crippen LogP contribution is -2.73. The van der Waals surface area contributed by atoms with E-state index in [9.17, 15) is 22.0 Å². The van der Waals surface area contributed by atoms with E-state index in [1.807, 2.05) is 4.90 Å². The Labute approximate surface area is 176 Å². The third-order valence-corrected chi connectivity index (χ3v) is 7.54. The Morgan fingerprint density at radius 2 is 1.97 bits per heavy atom. The maximum Gasteiger partial charge on any atom is 0.393 e. The monoisotopic (exact) mass is 450 g/mol. The lowest BCUT2D eigenvalue weighted by molar-refractivity contribution is -0.126. The highest BCUT2D eigenvalue weighted by Gasteiger charge is 2.53. The van der Waals surface area contributed by atoms with Crippen LogP contribution in [0.25, 0.3) is 0 Å². The zero-order chi connectivity index (χ0) is 21.7. The van der Waals surface area contributed by atoms with E-state index in [0.717, 1.165) is 30.8 Å². The number of thiophene rings is 1. The minimum atomic E-state index is -4.27. The Morgan fingerprint density at radius 1 is 1.27 bits per heavy atom. The molecule has 1 aromatic rings. The number of anilines is 1. The summed E-state index contributed by atoms with van der Waals surface area (Å²) in [5.41, 5.74) is 0.603. The van der Waals surface area contributed by atoms with Gasteiger partial charge in [0.05, 0.1) is 17.0 Å². The number of rotatable bonds is 5. The highest BCUT2D eigenvalue weighted by molar-refractivity contribution is 7.16. The molecule has 3 fully saturated rings.